The number of sulfonamides is 2. The maximum atomic E-state index is 14.1. The third kappa shape index (κ3) is 10.3. The molecule has 0 spiro atoms. The Hall–Kier alpha value is -5.73. The highest BCUT2D eigenvalue weighted by Gasteiger charge is 2.37. The van der Waals surface area contributed by atoms with Crippen molar-refractivity contribution in [3.8, 4) is 17.2 Å². The molecular weight excluding hydrogens is 920 g/mol. The summed E-state index contributed by atoms with van der Waals surface area (Å²) in [7, 11) is -8.06. The second-order valence-corrected chi connectivity index (χ2v) is 22.7. The minimum absolute atomic E-state index is 0.00924. The molecule has 5 aromatic rings. The van der Waals surface area contributed by atoms with Crippen molar-refractivity contribution in [2.45, 2.75) is 56.9 Å². The monoisotopic (exact) mass is 972 g/mol. The normalized spacial score (nSPS) is 19.6. The Labute approximate surface area is 394 Å². The predicted molar refractivity (Wildman–Crippen MR) is 257 cm³/mol. The number of H-pyrrole nitrogens is 1. The van der Waals surface area contributed by atoms with Crippen LogP contribution in [0.3, 0.4) is 0 Å². The van der Waals surface area contributed by atoms with Crippen molar-refractivity contribution in [1.82, 2.24) is 23.9 Å². The number of piperidine rings is 1. The fraction of sp³-hybridized carbons (Fsp3) is 0.404. The van der Waals surface area contributed by atoms with Crippen molar-refractivity contribution in [1.29, 1.82) is 0 Å². The van der Waals surface area contributed by atoms with Crippen molar-refractivity contribution in [2.75, 3.05) is 68.9 Å². The number of halogens is 1. The second kappa shape index (κ2) is 18.4. The number of fused-ring (bicyclic) bond motifs is 2. The molecule has 20 heteroatoms. The molecule has 3 aromatic carbocycles. The molecule has 0 radical (unpaired) electrons. The van der Waals surface area contributed by atoms with E-state index in [1.165, 1.54) is 33.3 Å². The summed E-state index contributed by atoms with van der Waals surface area (Å²) in [5.41, 5.74) is 5.06. The van der Waals surface area contributed by atoms with E-state index in [0.717, 1.165) is 68.4 Å². The molecule has 9 rings (SSSR count). The third-order valence-electron chi connectivity index (χ3n) is 13.4. The molecule has 17 nitrogen and oxygen atoms in total. The Morgan fingerprint density at radius 1 is 1.00 bits per heavy atom. The van der Waals surface area contributed by atoms with E-state index in [4.69, 9.17) is 21.1 Å². The van der Waals surface area contributed by atoms with E-state index in [2.05, 4.69) is 55.8 Å². The first-order chi connectivity index (χ1) is 31.9. The molecule has 1 amide bonds. The highest BCUT2D eigenvalue weighted by atomic mass is 35.5. The number of carbonyl (C=O) groups is 1. The number of allylic oxidation sites excluding steroid dienone is 1. The van der Waals surface area contributed by atoms with Gasteiger partial charge in [0, 0.05) is 86.3 Å². The van der Waals surface area contributed by atoms with Crippen molar-refractivity contribution < 1.29 is 36.0 Å². The van der Waals surface area contributed by atoms with Gasteiger partial charge in [0.05, 0.1) is 33.9 Å². The minimum Gasteiger partial charge on any atom is -0.489 e. The molecule has 1 atom stereocenters. The molecule has 0 bridgehead atoms. The number of carbonyl (C=O) groups excluding carboxylic acids is 1. The van der Waals surface area contributed by atoms with Gasteiger partial charge in [-0.05, 0) is 91.0 Å². The number of rotatable bonds is 12. The first kappa shape index (κ1) is 46.4. The zero-order valence-electron chi connectivity index (χ0n) is 37.5. The number of benzene rings is 3. The summed E-state index contributed by atoms with van der Waals surface area (Å²) in [4.78, 5) is 37.4. The zero-order valence-corrected chi connectivity index (χ0v) is 39.8. The van der Waals surface area contributed by atoms with E-state index in [1.807, 2.05) is 18.2 Å². The lowest BCUT2D eigenvalue weighted by atomic mass is 9.72. The number of piperazine rings is 1. The molecule has 0 unspecified atom stereocenters. The van der Waals surface area contributed by atoms with Crippen LogP contribution in [0.4, 0.5) is 17.1 Å². The molecule has 5 heterocycles. The van der Waals surface area contributed by atoms with Crippen molar-refractivity contribution in [2.24, 2.45) is 11.3 Å². The number of hydrogen-bond donors (Lipinski definition) is 3. The second-order valence-electron chi connectivity index (χ2n) is 18.6. The van der Waals surface area contributed by atoms with E-state index in [1.54, 1.807) is 24.4 Å². The van der Waals surface area contributed by atoms with Gasteiger partial charge < -0.3 is 24.7 Å². The maximum Gasteiger partial charge on any atom is 0.297 e. The number of amides is 1. The van der Waals surface area contributed by atoms with Gasteiger partial charge in [-0.1, -0.05) is 43.2 Å². The van der Waals surface area contributed by atoms with Crippen LogP contribution in [-0.2, 0) is 20.0 Å². The van der Waals surface area contributed by atoms with Crippen LogP contribution in [0.25, 0.3) is 16.6 Å². The van der Waals surface area contributed by atoms with Gasteiger partial charge in [0.15, 0.2) is 11.4 Å². The molecule has 3 N–H and O–H groups in total. The fourth-order valence-electron chi connectivity index (χ4n) is 9.62. The summed E-state index contributed by atoms with van der Waals surface area (Å²) in [5, 5.41) is 17.1. The molecule has 2 aromatic heterocycles. The van der Waals surface area contributed by atoms with Crippen molar-refractivity contribution in [3.63, 3.8) is 0 Å². The van der Waals surface area contributed by atoms with Gasteiger partial charge in [0.1, 0.15) is 23.8 Å². The molecule has 0 saturated carbocycles. The van der Waals surface area contributed by atoms with Crippen LogP contribution in [0.1, 0.15) is 61.9 Å². The zero-order chi connectivity index (χ0) is 47.3. The Balaban J connectivity index is 0.932. The number of pyridine rings is 1. The average Bonchev–Trinajstić information content (AvgIpc) is 3.77. The van der Waals surface area contributed by atoms with E-state index >= 15 is 0 Å². The van der Waals surface area contributed by atoms with Crippen LogP contribution < -0.4 is 24.4 Å². The highest BCUT2D eigenvalue weighted by Crippen LogP contribution is 2.44. The fourth-order valence-corrected chi connectivity index (χ4v) is 11.6. The van der Waals surface area contributed by atoms with E-state index in [9.17, 15) is 31.7 Å². The van der Waals surface area contributed by atoms with E-state index in [-0.39, 0.29) is 46.7 Å². The maximum absolute atomic E-state index is 14.1. The van der Waals surface area contributed by atoms with Gasteiger partial charge in [-0.15, -0.1) is 0 Å². The third-order valence-corrected chi connectivity index (χ3v) is 16.3. The summed E-state index contributed by atoms with van der Waals surface area (Å²) in [6.45, 7) is 9.18. The largest absolute Gasteiger partial charge is 0.489 e. The predicted octanol–water partition coefficient (Wildman–Crippen LogP) is 7.67. The van der Waals surface area contributed by atoms with Crippen LogP contribution in [0.5, 0.6) is 17.2 Å². The lowest BCUT2D eigenvalue weighted by Crippen LogP contribution is -2.47. The SMILES string of the molecule is CC1(C)CCC(CN2CCN(c3ccc(C(=O)NS(=O)(=O)c4cc5c(c([N+](=O)[O-])c4)N[C@@H](C4CCN(S(C)(=O)=O)CC4)CO5)c(Oc4cnc5[nH]ccc5c4)c3)CC2)=C(c2ccc(Cl)cc2)C1. The summed E-state index contributed by atoms with van der Waals surface area (Å²) in [6.07, 6.45) is 8.58. The molecule has 2 saturated heterocycles. The quantitative estimate of drug-likeness (QED) is 0.0811. The van der Waals surface area contributed by atoms with Gasteiger partial charge >= 0.3 is 0 Å². The first-order valence-electron chi connectivity index (χ1n) is 22.3. The number of nitro groups is 1. The van der Waals surface area contributed by atoms with Crippen LogP contribution >= 0.6 is 11.6 Å². The van der Waals surface area contributed by atoms with Gasteiger partial charge in [0.2, 0.25) is 10.0 Å². The Morgan fingerprint density at radius 2 is 1.75 bits per heavy atom. The van der Waals surface area contributed by atoms with Crippen LogP contribution in [0, 0.1) is 21.4 Å². The molecule has 67 heavy (non-hydrogen) atoms. The molecule has 4 aliphatic rings. The summed E-state index contributed by atoms with van der Waals surface area (Å²) in [5.74, 6) is -0.713. The molecule has 2 fully saturated rings. The highest BCUT2D eigenvalue weighted by molar-refractivity contribution is 7.90. The Morgan fingerprint density at radius 3 is 2.46 bits per heavy atom. The summed E-state index contributed by atoms with van der Waals surface area (Å²) >= 11 is 6.25. The lowest BCUT2D eigenvalue weighted by molar-refractivity contribution is -0.384. The minimum atomic E-state index is -4.71. The topological polar surface area (TPSA) is 209 Å². The van der Waals surface area contributed by atoms with Crippen LogP contribution in [0.15, 0.2) is 89.6 Å². The van der Waals surface area contributed by atoms with Crippen molar-refractivity contribution in [3.05, 3.63) is 111 Å². The number of nitrogens with zero attached hydrogens (tertiary/aromatic N) is 5. The number of aromatic amines is 1. The number of anilines is 2. The van der Waals surface area contributed by atoms with Crippen LogP contribution in [0.2, 0.25) is 5.02 Å². The van der Waals surface area contributed by atoms with Gasteiger partial charge in [-0.25, -0.2) is 30.8 Å². The number of nitrogens with one attached hydrogen (secondary N) is 3. The number of aromatic nitrogens is 2. The molecular formula is C47H53ClN8O9S2. The summed E-state index contributed by atoms with van der Waals surface area (Å²) in [6, 6.07) is 18.4. The van der Waals surface area contributed by atoms with Crippen molar-refractivity contribution >= 4 is 71.2 Å². The van der Waals surface area contributed by atoms with E-state index < -0.39 is 41.5 Å². The molecule has 1 aliphatic carbocycles. The first-order valence-corrected chi connectivity index (χ1v) is 26.0. The number of nitro benzene ring substituents is 1. The van der Waals surface area contributed by atoms with Gasteiger partial charge in [-0.3, -0.25) is 19.8 Å². The Bertz CT molecular complexity index is 2980. The molecule has 354 valence electrons. The standard InChI is InChI=1S/C47H53ClN8O9S2/c1-47(2)14-10-33(39(26-47)30-4-6-34(48)7-5-30)28-53-18-20-54(21-19-53)35-8-9-38(42(23-35)65-36-22-32-11-15-49-45(32)50-27-36)46(57)52-67(62,63)37-24-41(56(58)59)44-43(25-37)64-29-40(51-44)31-12-16-55(17-13-31)66(3,60)61/h4-9,11,15,22-25,27,31,40,51H,10,12-14,16-21,26,28-29H2,1-3H3,(H,49,50)(H,52,57)/t40-/m1/s1. The smallest absolute Gasteiger partial charge is 0.297 e. The van der Waals surface area contributed by atoms with E-state index in [0.29, 0.717) is 55.4 Å². The Kier molecular flexibility index (Phi) is 12.7. The van der Waals surface area contributed by atoms with Gasteiger partial charge in [0.25, 0.3) is 21.6 Å². The lowest BCUT2D eigenvalue weighted by Gasteiger charge is -2.39. The average molecular weight is 974 g/mol. The van der Waals surface area contributed by atoms with Gasteiger partial charge in [-0.2, -0.15) is 0 Å². The summed E-state index contributed by atoms with van der Waals surface area (Å²) < 4.78 is 67.8. The number of ether oxygens (including phenoxy) is 2. The van der Waals surface area contributed by atoms with Crippen LogP contribution in [-0.4, -0.2) is 112 Å². The molecule has 3 aliphatic heterocycles. The number of hydrogen-bond acceptors (Lipinski definition) is 13.